The van der Waals surface area contributed by atoms with E-state index in [1.54, 1.807) is 55.6 Å². The zero-order valence-electron chi connectivity index (χ0n) is 18.2. The molecule has 0 radical (unpaired) electrons. The lowest BCUT2D eigenvalue weighted by molar-refractivity contribution is -0.139. The Hall–Kier alpha value is -3.92. The van der Waals surface area contributed by atoms with E-state index >= 15 is 0 Å². The SMILES string of the molecule is COc1ccc(NC(=O)COc2cccc(/C=N\NC(=O)C(=O)NC[C@@H]3CCCO3)c2)cc1. The molecule has 3 rings (SSSR count). The fourth-order valence-electron chi connectivity index (χ4n) is 3.01. The third-order valence-corrected chi connectivity index (χ3v) is 4.70. The zero-order valence-corrected chi connectivity index (χ0v) is 18.2. The van der Waals surface area contributed by atoms with Crippen LogP contribution in [0.4, 0.5) is 5.69 Å². The molecular formula is C23H26N4O6. The van der Waals surface area contributed by atoms with Crippen LogP contribution in [0.3, 0.4) is 0 Å². The summed E-state index contributed by atoms with van der Waals surface area (Å²) < 4.78 is 16.0. The number of nitrogens with one attached hydrogen (secondary N) is 3. The number of methoxy groups -OCH3 is 1. The average molecular weight is 454 g/mol. The van der Waals surface area contributed by atoms with Gasteiger partial charge in [0.1, 0.15) is 11.5 Å². The number of amides is 3. The highest BCUT2D eigenvalue weighted by molar-refractivity contribution is 6.35. The number of benzene rings is 2. The Kier molecular flexibility index (Phi) is 8.78. The van der Waals surface area contributed by atoms with Gasteiger partial charge in [0.25, 0.3) is 5.91 Å². The first kappa shape index (κ1) is 23.7. The molecule has 1 saturated heterocycles. The molecule has 0 spiro atoms. The maximum Gasteiger partial charge on any atom is 0.329 e. The van der Waals surface area contributed by atoms with E-state index in [1.165, 1.54) is 6.21 Å². The van der Waals surface area contributed by atoms with Gasteiger partial charge in [0.05, 0.1) is 19.4 Å². The third kappa shape index (κ3) is 7.93. The van der Waals surface area contributed by atoms with Crippen molar-refractivity contribution in [3.63, 3.8) is 0 Å². The first-order valence-electron chi connectivity index (χ1n) is 10.4. The summed E-state index contributed by atoms with van der Waals surface area (Å²) in [6, 6.07) is 13.7. The fraction of sp³-hybridized carbons (Fsp3) is 0.304. The predicted octanol–water partition coefficient (Wildman–Crippen LogP) is 1.46. The average Bonchev–Trinajstić information content (AvgIpc) is 3.36. The van der Waals surface area contributed by atoms with Gasteiger partial charge in [-0.05, 0) is 54.8 Å². The molecule has 0 aromatic heterocycles. The van der Waals surface area contributed by atoms with Crippen molar-refractivity contribution in [3.05, 3.63) is 54.1 Å². The Morgan fingerprint density at radius 3 is 2.67 bits per heavy atom. The van der Waals surface area contributed by atoms with Gasteiger partial charge < -0.3 is 24.8 Å². The minimum atomic E-state index is -0.869. The summed E-state index contributed by atoms with van der Waals surface area (Å²) in [7, 11) is 1.57. The maximum absolute atomic E-state index is 12.1. The summed E-state index contributed by atoms with van der Waals surface area (Å²) in [5.74, 6) is -0.822. The molecule has 1 atom stereocenters. The summed E-state index contributed by atoms with van der Waals surface area (Å²) in [4.78, 5) is 35.7. The molecule has 1 heterocycles. The molecule has 10 nitrogen and oxygen atoms in total. The van der Waals surface area contributed by atoms with Crippen LogP contribution in [-0.4, -0.2) is 56.9 Å². The first-order chi connectivity index (χ1) is 16.0. The Morgan fingerprint density at radius 1 is 1.12 bits per heavy atom. The number of rotatable bonds is 9. The highest BCUT2D eigenvalue weighted by Crippen LogP contribution is 2.16. The normalized spacial score (nSPS) is 15.1. The molecule has 1 fully saturated rings. The molecule has 0 aliphatic carbocycles. The van der Waals surface area contributed by atoms with E-state index in [4.69, 9.17) is 14.2 Å². The number of hydrazone groups is 1. The van der Waals surface area contributed by atoms with E-state index in [1.807, 2.05) is 0 Å². The fourth-order valence-corrected chi connectivity index (χ4v) is 3.01. The monoisotopic (exact) mass is 454 g/mol. The lowest BCUT2D eigenvalue weighted by Gasteiger charge is -2.09. The Balaban J connectivity index is 1.41. The first-order valence-corrected chi connectivity index (χ1v) is 10.4. The topological polar surface area (TPSA) is 127 Å². The van der Waals surface area contributed by atoms with Crippen molar-refractivity contribution in [1.29, 1.82) is 0 Å². The van der Waals surface area contributed by atoms with Gasteiger partial charge in [0.15, 0.2) is 6.61 Å². The standard InChI is InChI=1S/C23H26N4O6/c1-31-18-9-7-17(8-10-18)26-21(28)15-33-19-5-2-4-16(12-19)13-25-27-23(30)22(29)24-14-20-6-3-11-32-20/h2,4-5,7-10,12-13,20H,3,6,11,14-15H2,1H3,(H,24,29)(H,26,28)(H,27,30)/b25-13-/t20-/m0/s1. The second-order valence-corrected chi connectivity index (χ2v) is 7.18. The predicted molar refractivity (Wildman–Crippen MR) is 121 cm³/mol. The second-order valence-electron chi connectivity index (χ2n) is 7.18. The van der Waals surface area contributed by atoms with Crippen molar-refractivity contribution in [2.75, 3.05) is 32.2 Å². The number of ether oxygens (including phenoxy) is 3. The summed E-state index contributed by atoms with van der Waals surface area (Å²) in [5, 5.41) is 9.03. The van der Waals surface area contributed by atoms with Crippen molar-refractivity contribution in [3.8, 4) is 11.5 Å². The number of carbonyl (C=O) groups is 3. The van der Waals surface area contributed by atoms with Gasteiger partial charge >= 0.3 is 11.8 Å². The minimum Gasteiger partial charge on any atom is -0.497 e. The van der Waals surface area contributed by atoms with Crippen LogP contribution >= 0.6 is 0 Å². The molecule has 0 saturated carbocycles. The minimum absolute atomic E-state index is 0.0497. The molecule has 1 aliphatic heterocycles. The van der Waals surface area contributed by atoms with Crippen LogP contribution in [0, 0.1) is 0 Å². The van der Waals surface area contributed by atoms with Crippen LogP contribution in [0.1, 0.15) is 18.4 Å². The van der Waals surface area contributed by atoms with E-state index in [-0.39, 0.29) is 18.6 Å². The van der Waals surface area contributed by atoms with Crippen molar-refractivity contribution >= 4 is 29.6 Å². The Morgan fingerprint density at radius 2 is 1.94 bits per heavy atom. The van der Waals surface area contributed by atoms with Crippen LogP contribution in [0.5, 0.6) is 11.5 Å². The van der Waals surface area contributed by atoms with Gasteiger partial charge in [-0.3, -0.25) is 14.4 Å². The quantitative estimate of drug-likeness (QED) is 0.299. The number of carbonyl (C=O) groups excluding carboxylic acids is 3. The van der Waals surface area contributed by atoms with E-state index < -0.39 is 11.8 Å². The number of nitrogens with zero attached hydrogens (tertiary/aromatic N) is 1. The van der Waals surface area contributed by atoms with Crippen LogP contribution in [0.15, 0.2) is 53.6 Å². The van der Waals surface area contributed by atoms with Crippen molar-refractivity contribution in [2.45, 2.75) is 18.9 Å². The summed E-state index contributed by atoms with van der Waals surface area (Å²) >= 11 is 0. The molecule has 0 unspecified atom stereocenters. The molecule has 2 aromatic rings. The van der Waals surface area contributed by atoms with Gasteiger partial charge in [-0.1, -0.05) is 12.1 Å². The van der Waals surface area contributed by atoms with Gasteiger partial charge in [-0.25, -0.2) is 5.43 Å². The maximum atomic E-state index is 12.1. The molecule has 1 aliphatic rings. The smallest absolute Gasteiger partial charge is 0.329 e. The Labute approximate surface area is 191 Å². The summed E-state index contributed by atoms with van der Waals surface area (Å²) in [6.45, 7) is 0.781. The molecule has 33 heavy (non-hydrogen) atoms. The number of hydrogen-bond acceptors (Lipinski definition) is 7. The second kappa shape index (κ2) is 12.2. The molecule has 0 bridgehead atoms. The van der Waals surface area contributed by atoms with Crippen LogP contribution in [-0.2, 0) is 19.1 Å². The molecular weight excluding hydrogens is 428 g/mol. The lowest BCUT2D eigenvalue weighted by Crippen LogP contribution is -2.41. The van der Waals surface area contributed by atoms with Crippen molar-refractivity contribution < 1.29 is 28.6 Å². The van der Waals surface area contributed by atoms with Crippen LogP contribution in [0.2, 0.25) is 0 Å². The molecule has 3 N–H and O–H groups in total. The van der Waals surface area contributed by atoms with E-state index in [9.17, 15) is 14.4 Å². The zero-order chi connectivity index (χ0) is 23.5. The molecule has 2 aromatic carbocycles. The highest BCUT2D eigenvalue weighted by Gasteiger charge is 2.18. The van der Waals surface area contributed by atoms with Crippen LogP contribution in [0.25, 0.3) is 0 Å². The van der Waals surface area contributed by atoms with E-state index in [0.717, 1.165) is 12.8 Å². The molecule has 174 valence electrons. The van der Waals surface area contributed by atoms with E-state index in [0.29, 0.717) is 35.9 Å². The van der Waals surface area contributed by atoms with E-state index in [2.05, 4.69) is 21.2 Å². The van der Waals surface area contributed by atoms with Gasteiger partial charge in [0, 0.05) is 18.8 Å². The van der Waals surface area contributed by atoms with Crippen molar-refractivity contribution in [2.24, 2.45) is 5.10 Å². The number of anilines is 1. The number of hydrogen-bond donors (Lipinski definition) is 3. The summed E-state index contributed by atoms with van der Waals surface area (Å²) in [5.41, 5.74) is 3.42. The summed E-state index contributed by atoms with van der Waals surface area (Å²) in [6.07, 6.45) is 3.14. The Bertz CT molecular complexity index is 987. The van der Waals surface area contributed by atoms with Gasteiger partial charge in [-0.2, -0.15) is 5.10 Å². The largest absolute Gasteiger partial charge is 0.497 e. The molecule has 3 amide bonds. The van der Waals surface area contributed by atoms with Crippen molar-refractivity contribution in [1.82, 2.24) is 10.7 Å². The van der Waals surface area contributed by atoms with Gasteiger partial charge in [0.2, 0.25) is 0 Å². The lowest BCUT2D eigenvalue weighted by atomic mass is 10.2. The van der Waals surface area contributed by atoms with Gasteiger partial charge in [-0.15, -0.1) is 0 Å². The third-order valence-electron chi connectivity index (χ3n) is 4.70. The van der Waals surface area contributed by atoms with Crippen LogP contribution < -0.4 is 25.5 Å². The highest BCUT2D eigenvalue weighted by atomic mass is 16.5. The molecule has 10 heteroatoms.